The minimum absolute atomic E-state index is 0.155. The lowest BCUT2D eigenvalue weighted by Crippen LogP contribution is -2.32. The van der Waals surface area contributed by atoms with E-state index < -0.39 is 5.97 Å². The number of nitrogens with zero attached hydrogens (tertiary/aromatic N) is 2. The van der Waals surface area contributed by atoms with Gasteiger partial charge in [0, 0.05) is 23.5 Å². The quantitative estimate of drug-likeness (QED) is 0.911. The fourth-order valence-electron chi connectivity index (χ4n) is 3.50. The van der Waals surface area contributed by atoms with E-state index in [1.54, 1.807) is 11.3 Å². The van der Waals surface area contributed by atoms with Gasteiger partial charge in [0.1, 0.15) is 0 Å². The summed E-state index contributed by atoms with van der Waals surface area (Å²) in [7, 11) is 0. The predicted molar refractivity (Wildman–Crippen MR) is 69.7 cm³/mol. The standard InChI is InChI=1S/C13H18N2O2S/c1-7-12(18-8(2)14-7)6-15-9-3-4-11(15)10(5-9)13(16)17/h9-11H,3-6H2,1-2H3,(H,16,17). The Labute approximate surface area is 111 Å². The van der Waals surface area contributed by atoms with Gasteiger partial charge in [-0.15, -0.1) is 11.3 Å². The monoisotopic (exact) mass is 266 g/mol. The summed E-state index contributed by atoms with van der Waals surface area (Å²) in [6.45, 7) is 4.96. The molecule has 3 unspecified atom stereocenters. The van der Waals surface area contributed by atoms with Gasteiger partial charge in [0.05, 0.1) is 16.6 Å². The predicted octanol–water partition coefficient (Wildman–Crippen LogP) is 2.20. The van der Waals surface area contributed by atoms with E-state index in [1.807, 2.05) is 13.8 Å². The lowest BCUT2D eigenvalue weighted by Gasteiger charge is -2.22. The lowest BCUT2D eigenvalue weighted by molar-refractivity contribution is -0.142. The molecule has 2 aliphatic heterocycles. The van der Waals surface area contributed by atoms with Crippen molar-refractivity contribution in [3.63, 3.8) is 0 Å². The SMILES string of the molecule is Cc1nc(C)c(CN2C3CCC2C(C(=O)O)C3)s1. The Balaban J connectivity index is 1.78. The highest BCUT2D eigenvalue weighted by atomic mass is 32.1. The summed E-state index contributed by atoms with van der Waals surface area (Å²) in [6.07, 6.45) is 3.03. The van der Waals surface area contributed by atoms with Crippen LogP contribution in [-0.2, 0) is 11.3 Å². The normalized spacial score (nSPS) is 31.1. The van der Waals surface area contributed by atoms with Gasteiger partial charge in [-0.05, 0) is 33.1 Å². The molecule has 18 heavy (non-hydrogen) atoms. The number of aliphatic carboxylic acids is 1. The summed E-state index contributed by atoms with van der Waals surface area (Å²) < 4.78 is 0. The van der Waals surface area contributed by atoms with Crippen LogP contribution in [0.15, 0.2) is 0 Å². The molecule has 98 valence electrons. The molecule has 3 heterocycles. The number of aromatic nitrogens is 1. The molecule has 4 nitrogen and oxygen atoms in total. The molecular weight excluding hydrogens is 248 g/mol. The summed E-state index contributed by atoms with van der Waals surface area (Å²) >= 11 is 1.74. The van der Waals surface area contributed by atoms with Gasteiger partial charge in [-0.25, -0.2) is 4.98 Å². The summed E-state index contributed by atoms with van der Waals surface area (Å²) in [5.74, 6) is -0.775. The number of thiazole rings is 1. The van der Waals surface area contributed by atoms with Crippen molar-refractivity contribution in [3.05, 3.63) is 15.6 Å². The van der Waals surface area contributed by atoms with E-state index in [0.717, 1.165) is 36.5 Å². The second kappa shape index (κ2) is 4.31. The highest BCUT2D eigenvalue weighted by Gasteiger charge is 2.49. The van der Waals surface area contributed by atoms with Crippen LogP contribution in [0.5, 0.6) is 0 Å². The van der Waals surface area contributed by atoms with Crippen LogP contribution in [0, 0.1) is 19.8 Å². The fourth-order valence-corrected chi connectivity index (χ4v) is 4.45. The van der Waals surface area contributed by atoms with E-state index in [0.29, 0.717) is 6.04 Å². The number of carboxylic acids is 1. The Morgan fingerprint density at radius 2 is 2.28 bits per heavy atom. The third-order valence-corrected chi connectivity index (χ3v) is 5.38. The highest BCUT2D eigenvalue weighted by molar-refractivity contribution is 7.11. The van der Waals surface area contributed by atoms with Gasteiger partial charge in [-0.3, -0.25) is 9.69 Å². The third-order valence-electron chi connectivity index (χ3n) is 4.32. The second-order valence-corrected chi connectivity index (χ2v) is 6.68. The Morgan fingerprint density at radius 1 is 1.50 bits per heavy atom. The number of hydrogen-bond donors (Lipinski definition) is 1. The van der Waals surface area contributed by atoms with Gasteiger partial charge < -0.3 is 5.11 Å². The van der Waals surface area contributed by atoms with E-state index in [1.165, 1.54) is 4.88 Å². The lowest BCUT2D eigenvalue weighted by atomic mass is 9.89. The Hall–Kier alpha value is -0.940. The maximum Gasteiger partial charge on any atom is 0.308 e. The molecule has 0 amide bonds. The van der Waals surface area contributed by atoms with Crippen molar-refractivity contribution in [2.24, 2.45) is 5.92 Å². The van der Waals surface area contributed by atoms with Crippen molar-refractivity contribution in [2.45, 2.75) is 51.7 Å². The van der Waals surface area contributed by atoms with Gasteiger partial charge >= 0.3 is 5.97 Å². The van der Waals surface area contributed by atoms with Crippen LogP contribution in [0.2, 0.25) is 0 Å². The summed E-state index contributed by atoms with van der Waals surface area (Å²) in [6, 6.07) is 0.715. The summed E-state index contributed by atoms with van der Waals surface area (Å²) in [5.41, 5.74) is 1.11. The molecule has 1 aromatic rings. The van der Waals surface area contributed by atoms with Crippen LogP contribution < -0.4 is 0 Å². The van der Waals surface area contributed by atoms with Crippen molar-refractivity contribution < 1.29 is 9.90 Å². The number of rotatable bonds is 3. The molecule has 3 atom stereocenters. The van der Waals surface area contributed by atoms with Crippen molar-refractivity contribution in [3.8, 4) is 0 Å². The maximum absolute atomic E-state index is 11.2. The molecule has 2 bridgehead atoms. The molecule has 1 aromatic heterocycles. The Bertz CT molecular complexity index is 485. The largest absolute Gasteiger partial charge is 0.481 e. The highest BCUT2D eigenvalue weighted by Crippen LogP contribution is 2.43. The number of aryl methyl sites for hydroxylation is 2. The van der Waals surface area contributed by atoms with Crippen LogP contribution in [0.3, 0.4) is 0 Å². The molecule has 2 aliphatic rings. The third kappa shape index (κ3) is 1.86. The number of carbonyl (C=O) groups is 1. The molecule has 0 saturated carbocycles. The molecule has 0 radical (unpaired) electrons. The van der Waals surface area contributed by atoms with Crippen LogP contribution in [0.1, 0.15) is 34.8 Å². The minimum atomic E-state index is -0.621. The smallest absolute Gasteiger partial charge is 0.308 e. The Kier molecular flexibility index (Phi) is 2.90. The van der Waals surface area contributed by atoms with Crippen LogP contribution in [0.25, 0.3) is 0 Å². The first-order chi connectivity index (χ1) is 8.56. The second-order valence-electron chi connectivity index (χ2n) is 5.39. The maximum atomic E-state index is 11.2. The molecule has 5 heteroatoms. The molecule has 2 saturated heterocycles. The van der Waals surface area contributed by atoms with Crippen molar-refractivity contribution in [1.82, 2.24) is 9.88 Å². The van der Waals surface area contributed by atoms with Crippen LogP contribution in [-0.4, -0.2) is 33.0 Å². The molecule has 1 N–H and O–H groups in total. The first-order valence-electron chi connectivity index (χ1n) is 6.47. The van der Waals surface area contributed by atoms with Crippen molar-refractivity contribution >= 4 is 17.3 Å². The average molecular weight is 266 g/mol. The molecule has 3 rings (SSSR count). The fraction of sp³-hybridized carbons (Fsp3) is 0.692. The van der Waals surface area contributed by atoms with Gasteiger partial charge in [0.15, 0.2) is 0 Å². The summed E-state index contributed by atoms with van der Waals surface area (Å²) in [4.78, 5) is 19.4. The minimum Gasteiger partial charge on any atom is -0.481 e. The number of carboxylic acid groups (broad SMARTS) is 1. The van der Waals surface area contributed by atoms with Gasteiger partial charge in [-0.2, -0.15) is 0 Å². The molecule has 0 aliphatic carbocycles. The number of hydrogen-bond acceptors (Lipinski definition) is 4. The molecule has 0 aromatic carbocycles. The number of fused-ring (bicyclic) bond motifs is 2. The zero-order valence-corrected chi connectivity index (χ0v) is 11.5. The van der Waals surface area contributed by atoms with Crippen LogP contribution >= 0.6 is 11.3 Å². The van der Waals surface area contributed by atoms with Crippen molar-refractivity contribution in [1.29, 1.82) is 0 Å². The Morgan fingerprint density at radius 3 is 2.83 bits per heavy atom. The molecule has 0 spiro atoms. The average Bonchev–Trinajstić information content (AvgIpc) is 2.94. The van der Waals surface area contributed by atoms with Gasteiger partial charge in [-0.1, -0.05) is 0 Å². The molecular formula is C13H18N2O2S. The van der Waals surface area contributed by atoms with E-state index in [2.05, 4.69) is 9.88 Å². The van der Waals surface area contributed by atoms with E-state index in [9.17, 15) is 9.90 Å². The van der Waals surface area contributed by atoms with Crippen molar-refractivity contribution in [2.75, 3.05) is 0 Å². The van der Waals surface area contributed by atoms with E-state index in [4.69, 9.17) is 0 Å². The van der Waals surface area contributed by atoms with E-state index >= 15 is 0 Å². The first-order valence-corrected chi connectivity index (χ1v) is 7.29. The zero-order valence-electron chi connectivity index (χ0n) is 10.7. The van der Waals surface area contributed by atoms with Gasteiger partial charge in [0.25, 0.3) is 0 Å². The topological polar surface area (TPSA) is 53.4 Å². The van der Waals surface area contributed by atoms with Crippen LogP contribution in [0.4, 0.5) is 0 Å². The zero-order chi connectivity index (χ0) is 12.9. The summed E-state index contributed by atoms with van der Waals surface area (Å²) in [5, 5.41) is 10.3. The molecule has 2 fully saturated rings. The van der Waals surface area contributed by atoms with Gasteiger partial charge in [0.2, 0.25) is 0 Å². The van der Waals surface area contributed by atoms with E-state index in [-0.39, 0.29) is 12.0 Å². The first kappa shape index (κ1) is 12.1.